The molecule has 1 rings (SSSR count). The number of aliphatic hydroxyl groups is 1. The monoisotopic (exact) mass is 304 g/mol. The lowest BCUT2D eigenvalue weighted by Crippen LogP contribution is -2.41. The summed E-state index contributed by atoms with van der Waals surface area (Å²) in [7, 11) is 0. The average Bonchev–Trinajstić information content (AvgIpc) is 2.38. The molecule has 0 unspecified atom stereocenters. The van der Waals surface area contributed by atoms with Crippen molar-refractivity contribution in [2.24, 2.45) is 0 Å². The molecule has 0 saturated heterocycles. The van der Waals surface area contributed by atoms with Crippen molar-refractivity contribution >= 4 is 40.7 Å². The fourth-order valence-electron chi connectivity index (χ4n) is 1.43. The maximum Gasteiger partial charge on any atom is 0.313 e. The van der Waals surface area contributed by atoms with Gasteiger partial charge in [0.15, 0.2) is 0 Å². The van der Waals surface area contributed by atoms with Crippen LogP contribution in [0.5, 0.6) is 0 Å². The lowest BCUT2D eigenvalue weighted by Gasteiger charge is -2.19. The molecule has 0 aliphatic rings. The van der Waals surface area contributed by atoms with Crippen molar-refractivity contribution in [3.63, 3.8) is 0 Å². The van der Waals surface area contributed by atoms with Crippen molar-refractivity contribution in [3.05, 3.63) is 28.2 Å². The molecule has 2 N–H and O–H groups in total. The van der Waals surface area contributed by atoms with Gasteiger partial charge in [0, 0.05) is 18.1 Å². The van der Waals surface area contributed by atoms with Crippen molar-refractivity contribution in [2.45, 2.75) is 6.92 Å². The fourth-order valence-corrected chi connectivity index (χ4v) is 1.89. The van der Waals surface area contributed by atoms with Gasteiger partial charge in [0.05, 0.1) is 17.3 Å². The third kappa shape index (κ3) is 4.38. The van der Waals surface area contributed by atoms with Crippen LogP contribution in [-0.4, -0.2) is 41.5 Å². The van der Waals surface area contributed by atoms with Gasteiger partial charge < -0.3 is 15.3 Å². The molecule has 0 heterocycles. The summed E-state index contributed by atoms with van der Waals surface area (Å²) in [6.07, 6.45) is 0. The highest BCUT2D eigenvalue weighted by atomic mass is 35.5. The number of hydrogen-bond donors (Lipinski definition) is 2. The van der Waals surface area contributed by atoms with E-state index in [0.717, 1.165) is 0 Å². The minimum atomic E-state index is -0.806. The molecule has 0 radical (unpaired) electrons. The summed E-state index contributed by atoms with van der Waals surface area (Å²) in [6.45, 7) is 1.96. The van der Waals surface area contributed by atoms with Crippen LogP contribution in [0.15, 0.2) is 18.2 Å². The first-order valence-corrected chi connectivity index (χ1v) is 6.41. The number of hydrogen-bond acceptors (Lipinski definition) is 3. The van der Waals surface area contributed by atoms with Crippen LogP contribution in [0.2, 0.25) is 10.0 Å². The number of nitrogens with zero attached hydrogens (tertiary/aromatic N) is 1. The molecular formula is C12H14Cl2N2O3. The van der Waals surface area contributed by atoms with Crippen molar-refractivity contribution < 1.29 is 14.7 Å². The Labute approximate surface area is 121 Å². The van der Waals surface area contributed by atoms with Gasteiger partial charge >= 0.3 is 11.8 Å². The summed E-state index contributed by atoms with van der Waals surface area (Å²) in [5, 5.41) is 11.9. The fraction of sp³-hybridized carbons (Fsp3) is 0.333. The molecule has 0 saturated carbocycles. The van der Waals surface area contributed by atoms with Gasteiger partial charge in [-0.1, -0.05) is 23.2 Å². The molecule has 0 spiro atoms. The highest BCUT2D eigenvalue weighted by Gasteiger charge is 2.20. The first-order chi connectivity index (χ1) is 8.99. The first kappa shape index (κ1) is 15.8. The van der Waals surface area contributed by atoms with E-state index in [2.05, 4.69) is 5.32 Å². The van der Waals surface area contributed by atoms with E-state index in [-0.39, 0.29) is 18.2 Å². The van der Waals surface area contributed by atoms with E-state index in [1.165, 1.54) is 17.0 Å². The quantitative estimate of drug-likeness (QED) is 0.833. The molecular weight excluding hydrogens is 291 g/mol. The number of carbonyl (C=O) groups excluding carboxylic acids is 2. The molecule has 0 aliphatic heterocycles. The lowest BCUT2D eigenvalue weighted by molar-refractivity contribution is -0.143. The van der Waals surface area contributed by atoms with Gasteiger partial charge in [-0.2, -0.15) is 0 Å². The Kier molecular flexibility index (Phi) is 6.08. The molecule has 104 valence electrons. The Morgan fingerprint density at radius 2 is 2.05 bits per heavy atom. The zero-order valence-corrected chi connectivity index (χ0v) is 11.8. The molecule has 7 heteroatoms. The van der Waals surface area contributed by atoms with E-state index < -0.39 is 11.8 Å². The second kappa shape index (κ2) is 7.33. The van der Waals surface area contributed by atoms with Gasteiger partial charge in [-0.25, -0.2) is 0 Å². The van der Waals surface area contributed by atoms with Crippen LogP contribution in [0.4, 0.5) is 5.69 Å². The Morgan fingerprint density at radius 1 is 1.37 bits per heavy atom. The third-order valence-electron chi connectivity index (χ3n) is 2.41. The maximum atomic E-state index is 11.8. The lowest BCUT2D eigenvalue weighted by atomic mass is 10.3. The van der Waals surface area contributed by atoms with Crippen LogP contribution in [-0.2, 0) is 9.59 Å². The molecule has 19 heavy (non-hydrogen) atoms. The Balaban J connectivity index is 2.76. The highest BCUT2D eigenvalue weighted by Crippen LogP contribution is 2.25. The van der Waals surface area contributed by atoms with Crippen molar-refractivity contribution in [1.82, 2.24) is 4.90 Å². The third-order valence-corrected chi connectivity index (χ3v) is 2.96. The van der Waals surface area contributed by atoms with Crippen LogP contribution >= 0.6 is 23.2 Å². The number of amides is 2. The summed E-state index contributed by atoms with van der Waals surface area (Å²) < 4.78 is 0. The zero-order valence-electron chi connectivity index (χ0n) is 10.3. The maximum absolute atomic E-state index is 11.8. The van der Waals surface area contributed by atoms with Gasteiger partial charge in [-0.3, -0.25) is 9.59 Å². The van der Waals surface area contributed by atoms with Crippen LogP contribution in [0.25, 0.3) is 0 Å². The Hall–Kier alpha value is -1.30. The molecule has 0 bridgehead atoms. The summed E-state index contributed by atoms with van der Waals surface area (Å²) in [4.78, 5) is 24.8. The topological polar surface area (TPSA) is 69.6 Å². The van der Waals surface area contributed by atoms with E-state index >= 15 is 0 Å². The van der Waals surface area contributed by atoms with E-state index in [4.69, 9.17) is 28.3 Å². The van der Waals surface area contributed by atoms with Crippen molar-refractivity contribution in [2.75, 3.05) is 25.0 Å². The first-order valence-electron chi connectivity index (χ1n) is 5.65. The second-order valence-electron chi connectivity index (χ2n) is 3.69. The summed E-state index contributed by atoms with van der Waals surface area (Å²) in [6, 6.07) is 4.53. The Bertz CT molecular complexity index is 480. The van der Waals surface area contributed by atoms with Gasteiger partial charge in [-0.05, 0) is 25.1 Å². The zero-order chi connectivity index (χ0) is 14.4. The number of benzene rings is 1. The minimum Gasteiger partial charge on any atom is -0.395 e. The number of carbonyl (C=O) groups is 2. The number of anilines is 1. The van der Waals surface area contributed by atoms with Crippen LogP contribution in [0, 0.1) is 0 Å². The molecule has 0 fully saturated rings. The molecule has 1 aromatic rings. The molecule has 5 nitrogen and oxygen atoms in total. The van der Waals surface area contributed by atoms with E-state index in [9.17, 15) is 9.59 Å². The standard InChI is InChI=1S/C12H14Cl2N2O3/c1-2-16(5-6-17)12(19)11(18)15-10-4-3-8(13)7-9(10)14/h3-4,7,17H,2,5-6H2,1H3,(H,15,18). The number of rotatable bonds is 4. The SMILES string of the molecule is CCN(CCO)C(=O)C(=O)Nc1ccc(Cl)cc1Cl. The van der Waals surface area contributed by atoms with Crippen molar-refractivity contribution in [3.8, 4) is 0 Å². The molecule has 2 amide bonds. The van der Waals surface area contributed by atoms with Gasteiger partial charge in [0.1, 0.15) is 0 Å². The summed E-state index contributed by atoms with van der Waals surface area (Å²) >= 11 is 11.6. The van der Waals surface area contributed by atoms with E-state index in [0.29, 0.717) is 17.3 Å². The largest absolute Gasteiger partial charge is 0.395 e. The summed E-state index contributed by atoms with van der Waals surface area (Å²) in [5.74, 6) is -1.53. The molecule has 0 aromatic heterocycles. The van der Waals surface area contributed by atoms with Gasteiger partial charge in [0.2, 0.25) is 0 Å². The van der Waals surface area contributed by atoms with Crippen LogP contribution in [0.1, 0.15) is 6.92 Å². The summed E-state index contributed by atoms with van der Waals surface area (Å²) in [5.41, 5.74) is 0.310. The average molecular weight is 305 g/mol. The predicted octanol–water partition coefficient (Wildman–Crippen LogP) is 1.77. The molecule has 0 aliphatic carbocycles. The van der Waals surface area contributed by atoms with Crippen molar-refractivity contribution in [1.29, 1.82) is 0 Å². The number of nitrogens with one attached hydrogen (secondary N) is 1. The van der Waals surface area contributed by atoms with Crippen LogP contribution < -0.4 is 5.32 Å². The van der Waals surface area contributed by atoms with Gasteiger partial charge in [0.25, 0.3) is 0 Å². The number of aliphatic hydroxyl groups excluding tert-OH is 1. The van der Waals surface area contributed by atoms with E-state index in [1.54, 1.807) is 13.0 Å². The minimum absolute atomic E-state index is 0.108. The Morgan fingerprint density at radius 3 is 2.58 bits per heavy atom. The second-order valence-corrected chi connectivity index (χ2v) is 4.53. The number of likely N-dealkylation sites (N-methyl/N-ethyl adjacent to an activating group) is 1. The molecule has 1 aromatic carbocycles. The van der Waals surface area contributed by atoms with Gasteiger partial charge in [-0.15, -0.1) is 0 Å². The normalized spacial score (nSPS) is 10.1. The van der Waals surface area contributed by atoms with Crippen LogP contribution in [0.3, 0.4) is 0 Å². The smallest absolute Gasteiger partial charge is 0.313 e. The molecule has 0 atom stereocenters. The van der Waals surface area contributed by atoms with E-state index in [1.807, 2.05) is 0 Å². The number of halogens is 2. The predicted molar refractivity (Wildman–Crippen MR) is 74.4 cm³/mol. The highest BCUT2D eigenvalue weighted by molar-refractivity contribution is 6.42.